The zero-order chi connectivity index (χ0) is 20.8. The third-order valence-electron chi connectivity index (χ3n) is 6.59. The lowest BCUT2D eigenvalue weighted by Crippen LogP contribution is -2.52. The third-order valence-corrected chi connectivity index (χ3v) is 6.59. The van der Waals surface area contributed by atoms with Gasteiger partial charge >= 0.3 is 0 Å². The second kappa shape index (κ2) is 10.2. The van der Waals surface area contributed by atoms with Gasteiger partial charge in [-0.15, -0.1) is 0 Å². The predicted molar refractivity (Wildman–Crippen MR) is 117 cm³/mol. The van der Waals surface area contributed by atoms with E-state index in [-0.39, 0.29) is 11.8 Å². The number of anilines is 1. The smallest absolute Gasteiger partial charge is 0.238 e. The molecule has 0 aromatic heterocycles. The molecule has 0 radical (unpaired) electrons. The Hall–Kier alpha value is -1.92. The van der Waals surface area contributed by atoms with Gasteiger partial charge < -0.3 is 10.6 Å². The summed E-state index contributed by atoms with van der Waals surface area (Å²) in [6, 6.07) is 8.16. The second-order valence-corrected chi connectivity index (χ2v) is 8.91. The molecule has 3 rings (SSSR count). The van der Waals surface area contributed by atoms with E-state index in [2.05, 4.69) is 34.3 Å². The number of hydrogen-bond donors (Lipinski definition) is 2. The molecule has 1 saturated carbocycles. The summed E-state index contributed by atoms with van der Waals surface area (Å²) in [4.78, 5) is 29.1. The van der Waals surface area contributed by atoms with Gasteiger partial charge in [-0.25, -0.2) is 0 Å². The first-order chi connectivity index (χ1) is 13.9. The Morgan fingerprint density at radius 3 is 2.14 bits per heavy atom. The summed E-state index contributed by atoms with van der Waals surface area (Å²) in [7, 11) is 0. The summed E-state index contributed by atoms with van der Waals surface area (Å²) < 4.78 is 0. The van der Waals surface area contributed by atoms with Crippen LogP contribution < -0.4 is 10.6 Å². The Labute approximate surface area is 175 Å². The topological polar surface area (TPSA) is 64.7 Å². The molecule has 6 nitrogen and oxygen atoms in total. The molecule has 1 aliphatic heterocycles. The number of nitrogens with zero attached hydrogens (tertiary/aromatic N) is 2. The highest BCUT2D eigenvalue weighted by molar-refractivity contribution is 5.92. The predicted octanol–water partition coefficient (Wildman–Crippen LogP) is 2.49. The fourth-order valence-corrected chi connectivity index (χ4v) is 4.39. The number of carbonyl (C=O) groups is 2. The van der Waals surface area contributed by atoms with Crippen molar-refractivity contribution in [1.82, 2.24) is 15.1 Å². The lowest BCUT2D eigenvalue weighted by atomic mass is 9.78. The Balaban J connectivity index is 1.36. The molecular formula is C23H36N4O2. The number of rotatable bonds is 6. The molecule has 6 heteroatoms. The van der Waals surface area contributed by atoms with Crippen LogP contribution in [0.5, 0.6) is 0 Å². The highest BCUT2D eigenvalue weighted by Crippen LogP contribution is 2.29. The van der Waals surface area contributed by atoms with Gasteiger partial charge in [0, 0.05) is 37.9 Å². The average molecular weight is 401 g/mol. The van der Waals surface area contributed by atoms with Crippen LogP contribution in [0.1, 0.15) is 38.7 Å². The molecular weight excluding hydrogens is 364 g/mol. The van der Waals surface area contributed by atoms with Crippen LogP contribution >= 0.6 is 0 Å². The zero-order valence-corrected chi connectivity index (χ0v) is 18.1. The molecule has 1 aromatic carbocycles. The van der Waals surface area contributed by atoms with E-state index in [0.29, 0.717) is 31.0 Å². The number of nitrogens with one attached hydrogen (secondary N) is 2. The van der Waals surface area contributed by atoms with Gasteiger partial charge in [-0.05, 0) is 37.3 Å². The highest BCUT2D eigenvalue weighted by atomic mass is 16.2. The zero-order valence-electron chi connectivity index (χ0n) is 18.1. The summed E-state index contributed by atoms with van der Waals surface area (Å²) in [5.41, 5.74) is 2.01. The van der Waals surface area contributed by atoms with Crippen LogP contribution in [0.3, 0.4) is 0 Å². The van der Waals surface area contributed by atoms with E-state index in [1.807, 2.05) is 31.2 Å². The van der Waals surface area contributed by atoms with Gasteiger partial charge in [-0.3, -0.25) is 19.4 Å². The molecule has 0 unspecified atom stereocenters. The summed E-state index contributed by atoms with van der Waals surface area (Å²) in [5, 5.41) is 6.22. The summed E-state index contributed by atoms with van der Waals surface area (Å²) in [6.45, 7) is 10.7. The van der Waals surface area contributed by atoms with Crippen LogP contribution in [0.4, 0.5) is 5.69 Å². The standard InChI is InChI=1S/C23H36N4O2/c1-17-7-9-20(10-8-17)24-22(28)15-26-11-13-27(14-12-26)16-23(29)25-21-6-4-5-18(2)19(21)3/h7-10,18-19,21H,4-6,11-16H2,1-3H3,(H,24,28)(H,25,29)/t18-,19-,21+/m0/s1. The molecule has 1 aromatic rings. The largest absolute Gasteiger partial charge is 0.352 e. The molecule has 2 amide bonds. The first kappa shape index (κ1) is 21.8. The van der Waals surface area contributed by atoms with Gasteiger partial charge in [0.05, 0.1) is 13.1 Å². The van der Waals surface area contributed by atoms with Gasteiger partial charge in [-0.2, -0.15) is 0 Å². The van der Waals surface area contributed by atoms with Crippen molar-refractivity contribution in [3.05, 3.63) is 29.8 Å². The van der Waals surface area contributed by atoms with E-state index in [0.717, 1.165) is 38.3 Å². The van der Waals surface area contributed by atoms with E-state index in [1.165, 1.54) is 18.4 Å². The summed E-state index contributed by atoms with van der Waals surface area (Å²) in [5.74, 6) is 1.39. The maximum Gasteiger partial charge on any atom is 0.238 e. The van der Waals surface area contributed by atoms with Gasteiger partial charge in [0.25, 0.3) is 0 Å². The molecule has 0 bridgehead atoms. The van der Waals surface area contributed by atoms with Gasteiger partial charge in [-0.1, -0.05) is 44.4 Å². The number of hydrogen-bond acceptors (Lipinski definition) is 4. The van der Waals surface area contributed by atoms with Crippen molar-refractivity contribution in [1.29, 1.82) is 0 Å². The van der Waals surface area contributed by atoms with Crippen molar-refractivity contribution in [2.45, 2.75) is 46.1 Å². The van der Waals surface area contributed by atoms with Crippen molar-refractivity contribution >= 4 is 17.5 Å². The normalized spacial score (nSPS) is 26.1. The first-order valence-electron chi connectivity index (χ1n) is 11.0. The summed E-state index contributed by atoms with van der Waals surface area (Å²) in [6.07, 6.45) is 3.58. The molecule has 160 valence electrons. The second-order valence-electron chi connectivity index (χ2n) is 8.91. The molecule has 0 spiro atoms. The molecule has 2 fully saturated rings. The maximum atomic E-state index is 12.5. The fraction of sp³-hybridized carbons (Fsp3) is 0.652. The Morgan fingerprint density at radius 1 is 0.931 bits per heavy atom. The van der Waals surface area contributed by atoms with Crippen molar-refractivity contribution < 1.29 is 9.59 Å². The van der Waals surface area contributed by atoms with E-state index >= 15 is 0 Å². The molecule has 1 heterocycles. The van der Waals surface area contributed by atoms with Crippen LogP contribution in [0.15, 0.2) is 24.3 Å². The van der Waals surface area contributed by atoms with Gasteiger partial charge in [0.1, 0.15) is 0 Å². The molecule has 1 saturated heterocycles. The van der Waals surface area contributed by atoms with Crippen LogP contribution in [0.2, 0.25) is 0 Å². The molecule has 3 atom stereocenters. The molecule has 2 aliphatic rings. The lowest BCUT2D eigenvalue weighted by Gasteiger charge is -2.36. The number of aryl methyl sites for hydroxylation is 1. The van der Waals surface area contributed by atoms with E-state index in [4.69, 9.17) is 0 Å². The number of amides is 2. The number of piperazine rings is 1. The first-order valence-corrected chi connectivity index (χ1v) is 11.0. The third kappa shape index (κ3) is 6.54. The monoisotopic (exact) mass is 400 g/mol. The van der Waals surface area contributed by atoms with Crippen molar-refractivity contribution in [3.63, 3.8) is 0 Å². The van der Waals surface area contributed by atoms with E-state index in [9.17, 15) is 9.59 Å². The van der Waals surface area contributed by atoms with Crippen LogP contribution in [0.25, 0.3) is 0 Å². The molecule has 29 heavy (non-hydrogen) atoms. The number of carbonyl (C=O) groups excluding carboxylic acids is 2. The Kier molecular flexibility index (Phi) is 7.67. The van der Waals surface area contributed by atoms with Gasteiger partial charge in [0.15, 0.2) is 0 Å². The fourth-order valence-electron chi connectivity index (χ4n) is 4.39. The minimum Gasteiger partial charge on any atom is -0.352 e. The van der Waals surface area contributed by atoms with Crippen LogP contribution in [-0.4, -0.2) is 66.9 Å². The van der Waals surface area contributed by atoms with Gasteiger partial charge in [0.2, 0.25) is 11.8 Å². The average Bonchev–Trinajstić information content (AvgIpc) is 2.69. The number of benzene rings is 1. The minimum atomic E-state index is 0.0143. The van der Waals surface area contributed by atoms with Crippen LogP contribution in [-0.2, 0) is 9.59 Å². The quantitative estimate of drug-likeness (QED) is 0.770. The van der Waals surface area contributed by atoms with E-state index < -0.39 is 0 Å². The summed E-state index contributed by atoms with van der Waals surface area (Å²) >= 11 is 0. The lowest BCUT2D eigenvalue weighted by molar-refractivity contribution is -0.124. The molecule has 1 aliphatic carbocycles. The Morgan fingerprint density at radius 2 is 1.52 bits per heavy atom. The van der Waals surface area contributed by atoms with Crippen molar-refractivity contribution in [2.75, 3.05) is 44.6 Å². The van der Waals surface area contributed by atoms with Crippen molar-refractivity contribution in [3.8, 4) is 0 Å². The maximum absolute atomic E-state index is 12.5. The SMILES string of the molecule is Cc1ccc(NC(=O)CN2CCN(CC(=O)N[C@@H]3CCC[C@H](C)[C@@H]3C)CC2)cc1. The van der Waals surface area contributed by atoms with Crippen molar-refractivity contribution in [2.24, 2.45) is 11.8 Å². The molecule has 2 N–H and O–H groups in total. The Bertz CT molecular complexity index is 683. The van der Waals surface area contributed by atoms with Crippen LogP contribution in [0, 0.1) is 18.8 Å². The van der Waals surface area contributed by atoms with E-state index in [1.54, 1.807) is 0 Å². The minimum absolute atomic E-state index is 0.0143. The highest BCUT2D eigenvalue weighted by Gasteiger charge is 2.29.